The van der Waals surface area contributed by atoms with Crippen LogP contribution in [0.1, 0.15) is 5.56 Å². The van der Waals surface area contributed by atoms with Gasteiger partial charge < -0.3 is 4.74 Å². The summed E-state index contributed by atoms with van der Waals surface area (Å²) in [4.78, 5) is 21.7. The van der Waals surface area contributed by atoms with Crippen molar-refractivity contribution >= 4 is 31.6 Å². The lowest BCUT2D eigenvalue weighted by Crippen LogP contribution is -2.21. The Kier molecular flexibility index (Phi) is 5.43. The summed E-state index contributed by atoms with van der Waals surface area (Å²) < 4.78 is 48.8. The quantitative estimate of drug-likeness (QED) is 0.290. The number of nitrogens with zero attached hydrogens (tertiary/aromatic N) is 3. The van der Waals surface area contributed by atoms with E-state index in [1.54, 1.807) is 12.1 Å². The van der Waals surface area contributed by atoms with Crippen LogP contribution in [0.2, 0.25) is 0 Å². The Hall–Kier alpha value is -2.83. The average Bonchev–Trinajstić information content (AvgIpc) is 3.49. The maximum atomic E-state index is 13.7. The van der Waals surface area contributed by atoms with Gasteiger partial charge in [-0.2, -0.15) is 12.7 Å². The van der Waals surface area contributed by atoms with Gasteiger partial charge >= 0.3 is 5.97 Å². The number of hydrogen-bond donors (Lipinski definition) is 0. The molecule has 0 amide bonds. The van der Waals surface area contributed by atoms with Gasteiger partial charge in [-0.3, -0.25) is 14.9 Å². The molecule has 1 heterocycles. The van der Waals surface area contributed by atoms with Crippen LogP contribution >= 0.6 is 0 Å². The first-order valence-electron chi connectivity index (χ1n) is 8.28. The highest BCUT2D eigenvalue weighted by atomic mass is 32.3. The number of hydrogen-bond acceptors (Lipinski definition) is 7. The molecule has 3 rings (SSSR count). The SMILES string of the molecule is COC(=O)C1CN1S(=O)(=NS(=O)(=O)c1ccc([N+](=O)[O-])cc1)c1ccc(C)cc1. The van der Waals surface area contributed by atoms with Crippen LogP contribution in [-0.2, 0) is 29.5 Å². The Morgan fingerprint density at radius 3 is 2.17 bits per heavy atom. The summed E-state index contributed by atoms with van der Waals surface area (Å²) in [5, 5.41) is 10.8. The van der Waals surface area contributed by atoms with Gasteiger partial charge in [0.15, 0.2) is 9.92 Å². The molecule has 0 radical (unpaired) electrons. The molecule has 0 aliphatic carbocycles. The highest BCUT2D eigenvalue weighted by molar-refractivity contribution is 8.02. The van der Waals surface area contributed by atoms with E-state index < -0.39 is 36.9 Å². The molecule has 1 fully saturated rings. The summed E-state index contributed by atoms with van der Waals surface area (Å²) in [6.07, 6.45) is 0. The average molecular weight is 439 g/mol. The lowest BCUT2D eigenvalue weighted by Gasteiger charge is -2.12. The van der Waals surface area contributed by atoms with Crippen molar-refractivity contribution in [3.05, 3.63) is 64.2 Å². The Morgan fingerprint density at radius 1 is 1.10 bits per heavy atom. The van der Waals surface area contributed by atoms with Gasteiger partial charge in [0.25, 0.3) is 15.7 Å². The molecule has 10 nitrogen and oxygen atoms in total. The van der Waals surface area contributed by atoms with Crippen LogP contribution in [0.4, 0.5) is 5.69 Å². The number of rotatable bonds is 6. The molecule has 12 heteroatoms. The van der Waals surface area contributed by atoms with Gasteiger partial charge in [-0.25, -0.2) is 4.21 Å². The Labute approximate surface area is 167 Å². The maximum absolute atomic E-state index is 13.7. The molecular formula is C17H17N3O7S2. The monoisotopic (exact) mass is 439 g/mol. The van der Waals surface area contributed by atoms with Gasteiger partial charge in [0, 0.05) is 18.7 Å². The smallest absolute Gasteiger partial charge is 0.325 e. The zero-order chi connectivity index (χ0) is 21.4. The second-order valence-electron chi connectivity index (χ2n) is 6.25. The van der Waals surface area contributed by atoms with Crippen LogP contribution in [-0.4, -0.2) is 47.5 Å². The molecule has 2 aromatic carbocycles. The van der Waals surface area contributed by atoms with Crippen molar-refractivity contribution in [1.29, 1.82) is 0 Å². The van der Waals surface area contributed by atoms with Gasteiger partial charge in [0.1, 0.15) is 6.04 Å². The molecule has 0 aromatic heterocycles. The standard InChI is InChI=1S/C17H17N3O7S2/c1-12-3-7-14(8-4-12)28(24,19-11-16(19)17(21)27-2)18-29(25,26)15-9-5-13(6-10-15)20(22)23/h3-10,16H,11H2,1-2H3. The molecular weight excluding hydrogens is 422 g/mol. The van der Waals surface area contributed by atoms with Crippen LogP contribution in [0.5, 0.6) is 0 Å². The number of sulfonamides is 1. The van der Waals surface area contributed by atoms with E-state index in [9.17, 15) is 27.5 Å². The van der Waals surface area contributed by atoms with Gasteiger partial charge in [-0.05, 0) is 31.2 Å². The molecule has 0 bridgehead atoms. The fourth-order valence-electron chi connectivity index (χ4n) is 2.58. The molecule has 2 aromatic rings. The Morgan fingerprint density at radius 2 is 1.66 bits per heavy atom. The molecule has 154 valence electrons. The predicted molar refractivity (Wildman–Crippen MR) is 103 cm³/mol. The number of ether oxygens (including phenoxy) is 1. The van der Waals surface area contributed by atoms with Crippen LogP contribution in [0.15, 0.2) is 62.1 Å². The first kappa shape index (κ1) is 20.9. The number of esters is 1. The number of methoxy groups -OCH3 is 1. The van der Waals surface area contributed by atoms with E-state index in [0.717, 1.165) is 34.1 Å². The Bertz CT molecular complexity index is 1180. The molecule has 1 aliphatic rings. The van der Waals surface area contributed by atoms with E-state index >= 15 is 0 Å². The molecule has 1 saturated heterocycles. The van der Waals surface area contributed by atoms with Gasteiger partial charge in [-0.15, -0.1) is 0 Å². The maximum Gasteiger partial charge on any atom is 0.325 e. The van der Waals surface area contributed by atoms with E-state index in [-0.39, 0.29) is 22.0 Å². The lowest BCUT2D eigenvalue weighted by atomic mass is 10.2. The number of non-ortho nitro benzene ring substituents is 1. The van der Waals surface area contributed by atoms with E-state index in [0.29, 0.717) is 0 Å². The molecule has 0 N–H and O–H groups in total. The van der Waals surface area contributed by atoms with Crippen molar-refractivity contribution in [3.8, 4) is 0 Å². The van der Waals surface area contributed by atoms with E-state index in [4.69, 9.17) is 0 Å². The van der Waals surface area contributed by atoms with Crippen molar-refractivity contribution in [1.82, 2.24) is 4.31 Å². The van der Waals surface area contributed by atoms with Crippen LogP contribution in [0.25, 0.3) is 0 Å². The minimum absolute atomic E-state index is 0.0265. The van der Waals surface area contributed by atoms with Crippen LogP contribution in [0.3, 0.4) is 0 Å². The zero-order valence-electron chi connectivity index (χ0n) is 15.4. The number of benzene rings is 2. The number of aryl methyl sites for hydroxylation is 1. The summed E-state index contributed by atoms with van der Waals surface area (Å²) >= 11 is 0. The van der Waals surface area contributed by atoms with E-state index in [1.165, 1.54) is 19.2 Å². The number of carbonyl (C=O) groups is 1. The zero-order valence-corrected chi connectivity index (χ0v) is 17.1. The Balaban J connectivity index is 2.11. The summed E-state index contributed by atoms with van der Waals surface area (Å²) in [5.74, 6) is -0.646. The molecule has 3 unspecified atom stereocenters. The summed E-state index contributed by atoms with van der Waals surface area (Å²) in [6, 6.07) is 9.48. The molecule has 0 saturated carbocycles. The lowest BCUT2D eigenvalue weighted by molar-refractivity contribution is -0.384. The van der Waals surface area contributed by atoms with Crippen molar-refractivity contribution in [2.24, 2.45) is 3.77 Å². The third-order valence-electron chi connectivity index (χ3n) is 4.23. The second-order valence-corrected chi connectivity index (χ2v) is 10.2. The van der Waals surface area contributed by atoms with Gasteiger partial charge in [0.2, 0.25) is 0 Å². The van der Waals surface area contributed by atoms with Crippen molar-refractivity contribution in [2.75, 3.05) is 13.7 Å². The molecule has 0 spiro atoms. The summed E-state index contributed by atoms with van der Waals surface area (Å²) in [6.45, 7) is 1.84. The van der Waals surface area contributed by atoms with Gasteiger partial charge in [-0.1, -0.05) is 21.5 Å². The highest BCUT2D eigenvalue weighted by Gasteiger charge is 2.49. The number of carbonyl (C=O) groups excluding carboxylic acids is 1. The van der Waals surface area contributed by atoms with Crippen LogP contribution < -0.4 is 0 Å². The van der Waals surface area contributed by atoms with E-state index in [2.05, 4.69) is 8.50 Å². The fourth-order valence-corrected chi connectivity index (χ4v) is 6.69. The van der Waals surface area contributed by atoms with Crippen molar-refractivity contribution < 1.29 is 27.1 Å². The summed E-state index contributed by atoms with van der Waals surface area (Å²) in [5.41, 5.74) is 0.573. The molecule has 1 aliphatic heterocycles. The molecule has 29 heavy (non-hydrogen) atoms. The highest BCUT2D eigenvalue weighted by Crippen LogP contribution is 2.33. The largest absolute Gasteiger partial charge is 0.468 e. The van der Waals surface area contributed by atoms with E-state index in [1.807, 2.05) is 6.92 Å². The van der Waals surface area contributed by atoms with Crippen LogP contribution in [0, 0.1) is 17.0 Å². The summed E-state index contributed by atoms with van der Waals surface area (Å²) in [7, 11) is -6.96. The fraction of sp³-hybridized carbons (Fsp3) is 0.235. The molecule has 3 atom stereocenters. The number of nitro groups is 1. The first-order valence-corrected chi connectivity index (χ1v) is 11.2. The third kappa shape index (κ3) is 4.13. The topological polar surface area (TPSA) is 136 Å². The minimum atomic E-state index is -4.45. The number of nitro benzene ring substituents is 1. The normalized spacial score (nSPS) is 20.3. The van der Waals surface area contributed by atoms with Gasteiger partial charge in [0.05, 0.1) is 21.8 Å². The predicted octanol–water partition coefficient (Wildman–Crippen LogP) is 1.89. The third-order valence-corrected chi connectivity index (χ3v) is 8.62. The first-order chi connectivity index (χ1) is 13.6. The van der Waals surface area contributed by atoms with Crippen molar-refractivity contribution in [3.63, 3.8) is 0 Å². The minimum Gasteiger partial charge on any atom is -0.468 e. The van der Waals surface area contributed by atoms with Crippen molar-refractivity contribution in [2.45, 2.75) is 22.8 Å². The second kappa shape index (κ2) is 7.54.